The van der Waals surface area contributed by atoms with E-state index in [-0.39, 0.29) is 23.8 Å². The van der Waals surface area contributed by atoms with Crippen LogP contribution in [0.5, 0.6) is 0 Å². The Bertz CT molecular complexity index is 510. The molecule has 21 heavy (non-hydrogen) atoms. The quantitative estimate of drug-likeness (QED) is 0.897. The van der Waals surface area contributed by atoms with E-state index in [0.29, 0.717) is 11.7 Å². The van der Waals surface area contributed by atoms with Crippen LogP contribution in [0.15, 0.2) is 6.07 Å². The summed E-state index contributed by atoms with van der Waals surface area (Å²) in [4.78, 5) is 11.5. The van der Waals surface area contributed by atoms with Gasteiger partial charge in [0.1, 0.15) is 5.82 Å². The van der Waals surface area contributed by atoms with Crippen molar-refractivity contribution in [3.63, 3.8) is 0 Å². The lowest BCUT2D eigenvalue weighted by Crippen LogP contribution is -2.44. The van der Waals surface area contributed by atoms with Gasteiger partial charge in [0.05, 0.1) is 17.3 Å². The standard InChI is InChI=1S/C15H26N4O2/c1-9(2)21-14(20)17-11-6-10(7-11)12-8-13(16)19(18-12)15(3,4)5/h8-11H,6-7,16H2,1-5H3,(H,17,20). The monoisotopic (exact) mass is 294 g/mol. The van der Waals surface area contributed by atoms with Crippen LogP contribution < -0.4 is 11.1 Å². The first-order valence-electron chi connectivity index (χ1n) is 7.50. The number of nitrogen functional groups attached to an aromatic ring is 1. The predicted octanol–water partition coefficient (Wildman–Crippen LogP) is 2.60. The molecule has 0 bridgehead atoms. The highest BCUT2D eigenvalue weighted by Gasteiger charge is 2.34. The van der Waals surface area contributed by atoms with E-state index in [1.54, 1.807) is 0 Å². The number of carbonyl (C=O) groups excluding carboxylic acids is 1. The molecule has 3 N–H and O–H groups in total. The van der Waals surface area contributed by atoms with Crippen LogP contribution in [0.3, 0.4) is 0 Å². The highest BCUT2D eigenvalue weighted by Crippen LogP contribution is 2.37. The molecule has 2 rings (SSSR count). The molecule has 1 amide bonds. The van der Waals surface area contributed by atoms with Crippen LogP contribution in [0, 0.1) is 0 Å². The predicted molar refractivity (Wildman–Crippen MR) is 82.2 cm³/mol. The minimum atomic E-state index is -0.340. The van der Waals surface area contributed by atoms with Gasteiger partial charge < -0.3 is 15.8 Å². The van der Waals surface area contributed by atoms with Gasteiger partial charge in [-0.05, 0) is 47.5 Å². The molecule has 1 aliphatic rings. The van der Waals surface area contributed by atoms with E-state index in [1.807, 2.05) is 24.6 Å². The van der Waals surface area contributed by atoms with Crippen molar-refractivity contribution in [3.05, 3.63) is 11.8 Å². The third kappa shape index (κ3) is 3.68. The number of ether oxygens (including phenoxy) is 1. The molecule has 0 saturated heterocycles. The normalized spacial score (nSPS) is 22.0. The topological polar surface area (TPSA) is 82.2 Å². The Balaban J connectivity index is 1.89. The molecular weight excluding hydrogens is 268 g/mol. The fraction of sp³-hybridized carbons (Fsp3) is 0.733. The Morgan fingerprint density at radius 3 is 2.57 bits per heavy atom. The minimum absolute atomic E-state index is 0.0943. The first-order chi connectivity index (χ1) is 9.66. The highest BCUT2D eigenvalue weighted by atomic mass is 16.6. The van der Waals surface area contributed by atoms with Gasteiger partial charge >= 0.3 is 6.09 Å². The van der Waals surface area contributed by atoms with Crippen LogP contribution >= 0.6 is 0 Å². The lowest BCUT2D eigenvalue weighted by atomic mass is 9.78. The van der Waals surface area contributed by atoms with Crippen molar-refractivity contribution >= 4 is 11.9 Å². The molecule has 0 atom stereocenters. The van der Waals surface area contributed by atoms with Crippen molar-refractivity contribution in [3.8, 4) is 0 Å². The Morgan fingerprint density at radius 1 is 1.48 bits per heavy atom. The van der Waals surface area contributed by atoms with Crippen LogP contribution in [-0.4, -0.2) is 28.0 Å². The molecule has 1 aromatic rings. The van der Waals surface area contributed by atoms with Gasteiger partial charge in [0, 0.05) is 18.0 Å². The number of nitrogens with two attached hydrogens (primary N) is 1. The third-order valence-corrected chi connectivity index (χ3v) is 3.61. The van der Waals surface area contributed by atoms with Crippen LogP contribution in [0.4, 0.5) is 10.6 Å². The Morgan fingerprint density at radius 2 is 2.10 bits per heavy atom. The van der Waals surface area contributed by atoms with Gasteiger partial charge in [0.2, 0.25) is 0 Å². The molecule has 0 radical (unpaired) electrons. The molecule has 1 aromatic heterocycles. The van der Waals surface area contributed by atoms with Gasteiger partial charge in [-0.3, -0.25) is 0 Å². The molecule has 0 aromatic carbocycles. The molecule has 0 spiro atoms. The van der Waals surface area contributed by atoms with E-state index in [9.17, 15) is 4.79 Å². The van der Waals surface area contributed by atoms with Gasteiger partial charge in [-0.1, -0.05) is 0 Å². The number of alkyl carbamates (subject to hydrolysis) is 1. The molecule has 118 valence electrons. The fourth-order valence-corrected chi connectivity index (χ4v) is 2.54. The average molecular weight is 294 g/mol. The SMILES string of the molecule is CC(C)OC(=O)NC1CC(c2cc(N)n(C(C)(C)C)n2)C1. The molecule has 6 heteroatoms. The molecule has 0 aliphatic heterocycles. The van der Waals surface area contributed by atoms with Crippen molar-refractivity contribution in [1.82, 2.24) is 15.1 Å². The summed E-state index contributed by atoms with van der Waals surface area (Å²) in [5.74, 6) is 1.05. The van der Waals surface area contributed by atoms with Gasteiger partial charge in [-0.25, -0.2) is 9.48 Å². The van der Waals surface area contributed by atoms with Crippen LogP contribution in [0.2, 0.25) is 0 Å². The molecular formula is C15H26N4O2. The van der Waals surface area contributed by atoms with Crippen molar-refractivity contribution in [2.24, 2.45) is 0 Å². The lowest BCUT2D eigenvalue weighted by molar-refractivity contribution is 0.105. The number of hydrogen-bond donors (Lipinski definition) is 2. The highest BCUT2D eigenvalue weighted by molar-refractivity contribution is 5.68. The van der Waals surface area contributed by atoms with Gasteiger partial charge in [0.25, 0.3) is 0 Å². The maximum atomic E-state index is 11.5. The van der Waals surface area contributed by atoms with E-state index >= 15 is 0 Å². The first kappa shape index (κ1) is 15.7. The third-order valence-electron chi connectivity index (χ3n) is 3.61. The number of anilines is 1. The Kier molecular flexibility index (Phi) is 4.16. The second kappa shape index (κ2) is 5.58. The number of hydrogen-bond acceptors (Lipinski definition) is 4. The van der Waals surface area contributed by atoms with Crippen molar-refractivity contribution in [1.29, 1.82) is 0 Å². The summed E-state index contributed by atoms with van der Waals surface area (Å²) in [6.45, 7) is 9.91. The van der Waals surface area contributed by atoms with E-state index < -0.39 is 0 Å². The number of rotatable bonds is 3. The van der Waals surface area contributed by atoms with Gasteiger partial charge in [-0.2, -0.15) is 5.10 Å². The second-order valence-electron chi connectivity index (χ2n) is 7.04. The molecule has 1 heterocycles. The van der Waals surface area contributed by atoms with Crippen molar-refractivity contribution < 1.29 is 9.53 Å². The summed E-state index contributed by atoms with van der Waals surface area (Å²) >= 11 is 0. The van der Waals surface area contributed by atoms with Crippen LogP contribution in [0.25, 0.3) is 0 Å². The molecule has 1 aliphatic carbocycles. The largest absolute Gasteiger partial charge is 0.447 e. The van der Waals surface area contributed by atoms with E-state index in [2.05, 4.69) is 31.2 Å². The minimum Gasteiger partial charge on any atom is -0.447 e. The molecule has 1 fully saturated rings. The second-order valence-corrected chi connectivity index (χ2v) is 7.04. The summed E-state index contributed by atoms with van der Waals surface area (Å²) < 4.78 is 6.93. The average Bonchev–Trinajstić information content (AvgIpc) is 2.63. The molecule has 6 nitrogen and oxygen atoms in total. The Labute approximate surface area is 126 Å². The smallest absolute Gasteiger partial charge is 0.407 e. The lowest BCUT2D eigenvalue weighted by Gasteiger charge is -2.34. The summed E-state index contributed by atoms with van der Waals surface area (Å²) in [5.41, 5.74) is 6.92. The van der Waals surface area contributed by atoms with Gasteiger partial charge in [-0.15, -0.1) is 0 Å². The van der Waals surface area contributed by atoms with Crippen LogP contribution in [0.1, 0.15) is 59.1 Å². The summed E-state index contributed by atoms with van der Waals surface area (Å²) in [6, 6.07) is 2.11. The van der Waals surface area contributed by atoms with E-state index in [0.717, 1.165) is 18.5 Å². The zero-order valence-electron chi connectivity index (χ0n) is 13.5. The maximum absolute atomic E-state index is 11.5. The van der Waals surface area contributed by atoms with E-state index in [1.165, 1.54) is 0 Å². The van der Waals surface area contributed by atoms with E-state index in [4.69, 9.17) is 10.5 Å². The van der Waals surface area contributed by atoms with Crippen molar-refractivity contribution in [2.75, 3.05) is 5.73 Å². The fourth-order valence-electron chi connectivity index (χ4n) is 2.54. The number of amides is 1. The number of nitrogens with zero attached hydrogens (tertiary/aromatic N) is 2. The zero-order valence-corrected chi connectivity index (χ0v) is 13.5. The summed E-state index contributed by atoms with van der Waals surface area (Å²) in [6.07, 6.45) is 1.33. The van der Waals surface area contributed by atoms with Crippen molar-refractivity contribution in [2.45, 2.75) is 71.1 Å². The number of aromatic nitrogens is 2. The number of nitrogens with one attached hydrogen (secondary N) is 1. The molecule has 0 unspecified atom stereocenters. The molecule has 1 saturated carbocycles. The first-order valence-corrected chi connectivity index (χ1v) is 7.50. The summed E-state index contributed by atoms with van der Waals surface area (Å²) in [5, 5.41) is 7.48. The summed E-state index contributed by atoms with van der Waals surface area (Å²) in [7, 11) is 0. The number of carbonyl (C=O) groups is 1. The zero-order chi connectivity index (χ0) is 15.8. The maximum Gasteiger partial charge on any atom is 0.407 e. The van der Waals surface area contributed by atoms with Crippen LogP contribution in [-0.2, 0) is 10.3 Å². The van der Waals surface area contributed by atoms with Gasteiger partial charge in [0.15, 0.2) is 0 Å². The Hall–Kier alpha value is -1.72.